The SMILES string of the molecule is NNC(=O)Cc1ccccc1CSc1ccccc1F. The lowest BCUT2D eigenvalue weighted by molar-refractivity contribution is -0.120. The third-order valence-corrected chi connectivity index (χ3v) is 3.95. The van der Waals surface area contributed by atoms with Crippen LogP contribution >= 0.6 is 11.8 Å². The van der Waals surface area contributed by atoms with Gasteiger partial charge < -0.3 is 0 Å². The number of halogens is 1. The molecule has 0 saturated carbocycles. The van der Waals surface area contributed by atoms with Crippen molar-refractivity contribution in [2.45, 2.75) is 17.1 Å². The van der Waals surface area contributed by atoms with Gasteiger partial charge in [0.1, 0.15) is 5.82 Å². The van der Waals surface area contributed by atoms with Gasteiger partial charge >= 0.3 is 0 Å². The Morgan fingerprint density at radius 2 is 1.75 bits per heavy atom. The van der Waals surface area contributed by atoms with E-state index < -0.39 is 0 Å². The summed E-state index contributed by atoms with van der Waals surface area (Å²) in [6, 6.07) is 14.3. The van der Waals surface area contributed by atoms with Gasteiger partial charge in [-0.25, -0.2) is 10.2 Å². The van der Waals surface area contributed by atoms with Crippen LogP contribution in [0.2, 0.25) is 0 Å². The maximum atomic E-state index is 13.6. The Balaban J connectivity index is 2.10. The molecule has 0 unspecified atom stereocenters. The zero-order valence-corrected chi connectivity index (χ0v) is 11.6. The first-order chi connectivity index (χ1) is 9.70. The highest BCUT2D eigenvalue weighted by Gasteiger charge is 2.08. The molecule has 0 spiro atoms. The molecule has 0 aromatic heterocycles. The second-order valence-corrected chi connectivity index (χ2v) is 5.25. The lowest BCUT2D eigenvalue weighted by atomic mass is 10.1. The van der Waals surface area contributed by atoms with E-state index >= 15 is 0 Å². The summed E-state index contributed by atoms with van der Waals surface area (Å²) < 4.78 is 13.6. The first-order valence-corrected chi connectivity index (χ1v) is 7.13. The van der Waals surface area contributed by atoms with Crippen molar-refractivity contribution in [1.29, 1.82) is 0 Å². The van der Waals surface area contributed by atoms with Gasteiger partial charge in [-0.2, -0.15) is 0 Å². The average Bonchev–Trinajstić information content (AvgIpc) is 2.47. The Labute approximate surface area is 121 Å². The van der Waals surface area contributed by atoms with Crippen LogP contribution in [0.4, 0.5) is 4.39 Å². The molecule has 104 valence electrons. The number of rotatable bonds is 5. The van der Waals surface area contributed by atoms with Crippen molar-refractivity contribution in [2.24, 2.45) is 5.84 Å². The summed E-state index contributed by atoms with van der Waals surface area (Å²) in [6.07, 6.45) is 0.227. The molecule has 0 aliphatic rings. The number of benzene rings is 2. The monoisotopic (exact) mass is 290 g/mol. The largest absolute Gasteiger partial charge is 0.294 e. The van der Waals surface area contributed by atoms with Crippen LogP contribution in [0, 0.1) is 5.82 Å². The van der Waals surface area contributed by atoms with Gasteiger partial charge in [-0.15, -0.1) is 11.8 Å². The van der Waals surface area contributed by atoms with E-state index in [4.69, 9.17) is 5.84 Å². The lowest BCUT2D eigenvalue weighted by Crippen LogP contribution is -2.31. The maximum absolute atomic E-state index is 13.6. The molecule has 2 aromatic rings. The molecule has 20 heavy (non-hydrogen) atoms. The second kappa shape index (κ2) is 7.07. The summed E-state index contributed by atoms with van der Waals surface area (Å²) in [5.41, 5.74) is 4.02. The molecule has 2 rings (SSSR count). The third kappa shape index (κ3) is 3.82. The fourth-order valence-corrected chi connectivity index (χ4v) is 2.79. The minimum absolute atomic E-state index is 0.227. The molecular formula is C15H15FN2OS. The number of carbonyl (C=O) groups is 1. The molecule has 1 amide bonds. The molecule has 3 nitrogen and oxygen atoms in total. The van der Waals surface area contributed by atoms with E-state index in [-0.39, 0.29) is 18.1 Å². The van der Waals surface area contributed by atoms with Crippen molar-refractivity contribution in [3.8, 4) is 0 Å². The van der Waals surface area contributed by atoms with Gasteiger partial charge in [0.2, 0.25) is 5.91 Å². The molecule has 3 N–H and O–H groups in total. The number of thioether (sulfide) groups is 1. The van der Waals surface area contributed by atoms with E-state index in [2.05, 4.69) is 5.43 Å². The molecule has 0 heterocycles. The molecule has 0 fully saturated rings. The highest BCUT2D eigenvalue weighted by Crippen LogP contribution is 2.26. The molecule has 0 saturated heterocycles. The van der Waals surface area contributed by atoms with Crippen molar-refractivity contribution in [2.75, 3.05) is 0 Å². The average molecular weight is 290 g/mol. The summed E-state index contributed by atoms with van der Waals surface area (Å²) >= 11 is 1.41. The van der Waals surface area contributed by atoms with Gasteiger partial charge in [-0.1, -0.05) is 36.4 Å². The first-order valence-electron chi connectivity index (χ1n) is 6.14. The zero-order valence-electron chi connectivity index (χ0n) is 10.8. The summed E-state index contributed by atoms with van der Waals surface area (Å²) in [6.45, 7) is 0. The van der Waals surface area contributed by atoms with E-state index in [1.807, 2.05) is 24.3 Å². The van der Waals surface area contributed by atoms with Crippen molar-refractivity contribution in [3.05, 3.63) is 65.5 Å². The van der Waals surface area contributed by atoms with E-state index in [1.54, 1.807) is 18.2 Å². The fraction of sp³-hybridized carbons (Fsp3) is 0.133. The summed E-state index contributed by atoms with van der Waals surface area (Å²) in [7, 11) is 0. The van der Waals surface area contributed by atoms with Gasteiger partial charge in [0.05, 0.1) is 6.42 Å². The first kappa shape index (κ1) is 14.6. The summed E-state index contributed by atoms with van der Waals surface area (Å²) in [4.78, 5) is 12.0. The van der Waals surface area contributed by atoms with Crippen molar-refractivity contribution in [3.63, 3.8) is 0 Å². The summed E-state index contributed by atoms with van der Waals surface area (Å²) in [5, 5.41) is 0. The van der Waals surface area contributed by atoms with E-state index in [0.717, 1.165) is 11.1 Å². The van der Waals surface area contributed by atoms with Gasteiger partial charge in [-0.3, -0.25) is 10.2 Å². The summed E-state index contributed by atoms with van der Waals surface area (Å²) in [5.74, 6) is 5.24. The predicted octanol–water partition coefficient (Wildman–Crippen LogP) is 2.65. The van der Waals surface area contributed by atoms with Crippen LogP contribution in [-0.4, -0.2) is 5.91 Å². The normalized spacial score (nSPS) is 10.3. The van der Waals surface area contributed by atoms with Crippen LogP contribution in [0.15, 0.2) is 53.4 Å². The molecule has 0 atom stereocenters. The van der Waals surface area contributed by atoms with E-state index in [0.29, 0.717) is 10.6 Å². The lowest BCUT2D eigenvalue weighted by Gasteiger charge is -2.09. The number of carbonyl (C=O) groups excluding carboxylic acids is 1. The van der Waals surface area contributed by atoms with E-state index in [1.165, 1.54) is 17.8 Å². The van der Waals surface area contributed by atoms with Crippen molar-refractivity contribution < 1.29 is 9.18 Å². The van der Waals surface area contributed by atoms with Gasteiger partial charge in [0.15, 0.2) is 0 Å². The van der Waals surface area contributed by atoms with E-state index in [9.17, 15) is 9.18 Å². The van der Waals surface area contributed by atoms with Gasteiger partial charge in [0.25, 0.3) is 0 Å². The van der Waals surface area contributed by atoms with Crippen molar-refractivity contribution in [1.82, 2.24) is 5.43 Å². The van der Waals surface area contributed by atoms with Crippen LogP contribution in [0.5, 0.6) is 0 Å². The molecule has 0 radical (unpaired) electrons. The molecule has 0 aliphatic heterocycles. The quantitative estimate of drug-likeness (QED) is 0.385. The Morgan fingerprint density at radius 1 is 1.10 bits per heavy atom. The van der Waals surface area contributed by atoms with Crippen LogP contribution in [0.1, 0.15) is 11.1 Å². The molecule has 0 bridgehead atoms. The molecule has 0 aliphatic carbocycles. The highest BCUT2D eigenvalue weighted by atomic mass is 32.2. The van der Waals surface area contributed by atoms with Crippen LogP contribution in [0.3, 0.4) is 0 Å². The molecular weight excluding hydrogens is 275 g/mol. The molecule has 2 aromatic carbocycles. The Bertz CT molecular complexity index is 604. The highest BCUT2D eigenvalue weighted by molar-refractivity contribution is 7.98. The smallest absolute Gasteiger partial charge is 0.238 e. The third-order valence-electron chi connectivity index (χ3n) is 2.85. The number of hydrogen-bond donors (Lipinski definition) is 2. The van der Waals surface area contributed by atoms with Crippen LogP contribution in [-0.2, 0) is 17.0 Å². The number of nitrogens with one attached hydrogen (secondary N) is 1. The van der Waals surface area contributed by atoms with Crippen LogP contribution in [0.25, 0.3) is 0 Å². The number of hydrogen-bond acceptors (Lipinski definition) is 3. The predicted molar refractivity (Wildman–Crippen MR) is 78.4 cm³/mol. The fourth-order valence-electron chi connectivity index (χ4n) is 1.81. The number of amides is 1. The van der Waals surface area contributed by atoms with Gasteiger partial charge in [0, 0.05) is 10.6 Å². The topological polar surface area (TPSA) is 55.1 Å². The number of nitrogens with two attached hydrogens (primary N) is 1. The number of hydrazine groups is 1. The Morgan fingerprint density at radius 3 is 2.45 bits per heavy atom. The van der Waals surface area contributed by atoms with Crippen LogP contribution < -0.4 is 11.3 Å². The Hall–Kier alpha value is -1.85. The molecule has 5 heteroatoms. The zero-order chi connectivity index (χ0) is 14.4. The van der Waals surface area contributed by atoms with Gasteiger partial charge in [-0.05, 0) is 23.3 Å². The minimum atomic E-state index is -0.242. The Kier molecular flexibility index (Phi) is 5.15. The minimum Gasteiger partial charge on any atom is -0.294 e. The second-order valence-electron chi connectivity index (χ2n) is 4.23. The maximum Gasteiger partial charge on any atom is 0.238 e. The van der Waals surface area contributed by atoms with Crippen molar-refractivity contribution >= 4 is 17.7 Å². The standard InChI is InChI=1S/C15H15FN2OS/c16-13-7-3-4-8-14(13)20-10-12-6-2-1-5-11(12)9-15(19)18-17/h1-8H,9-10,17H2,(H,18,19).